The van der Waals surface area contributed by atoms with Gasteiger partial charge in [0.15, 0.2) is 0 Å². The molecule has 0 radical (unpaired) electrons. The molecule has 0 N–H and O–H groups in total. The van der Waals surface area contributed by atoms with E-state index in [4.69, 9.17) is 0 Å². The van der Waals surface area contributed by atoms with E-state index in [9.17, 15) is 0 Å². The Hall–Kier alpha value is -6.96. The first-order valence-electron chi connectivity index (χ1n) is 21.1. The smallest absolute Gasteiger partial charge is 0.0470 e. The standard InChI is InChI=1S/C58H43N/c1-57(2)53-26-9-6-21-49(53)51-24-13-23-47(56(51)57)41-17-11-18-43(36-41)59(42-30-28-39(29-31-42)46-22-12-16-38-14-3-5-19-45(38)46)44-32-33-50-48-20-7-10-27-54(48)58(55(50)37-44)35-34-40-15-4-8-25-52(40)58/h3-33,36-37H,34-35H2,1-2H3. The van der Waals surface area contributed by atoms with Crippen LogP contribution in [-0.2, 0) is 17.3 Å². The number of anilines is 3. The van der Waals surface area contributed by atoms with E-state index in [-0.39, 0.29) is 10.8 Å². The molecule has 0 amide bonds. The number of aryl methyl sites for hydroxylation is 1. The van der Waals surface area contributed by atoms with Crippen LogP contribution in [0.5, 0.6) is 0 Å². The Morgan fingerprint density at radius 3 is 1.85 bits per heavy atom. The largest absolute Gasteiger partial charge is 0.310 e. The lowest BCUT2D eigenvalue weighted by molar-refractivity contribution is 0.626. The fourth-order valence-corrected chi connectivity index (χ4v) is 11.3. The van der Waals surface area contributed by atoms with Crippen molar-refractivity contribution < 1.29 is 0 Å². The zero-order chi connectivity index (χ0) is 39.3. The number of nitrogens with zero attached hydrogens (tertiary/aromatic N) is 1. The highest BCUT2D eigenvalue weighted by atomic mass is 15.1. The van der Waals surface area contributed by atoms with Gasteiger partial charge < -0.3 is 4.90 Å². The van der Waals surface area contributed by atoms with E-state index in [2.05, 4.69) is 219 Å². The van der Waals surface area contributed by atoms with Gasteiger partial charge in [-0.3, -0.25) is 0 Å². The summed E-state index contributed by atoms with van der Waals surface area (Å²) in [4.78, 5) is 2.48. The molecule has 0 fully saturated rings. The zero-order valence-electron chi connectivity index (χ0n) is 33.4. The van der Waals surface area contributed by atoms with Crippen LogP contribution in [-0.4, -0.2) is 0 Å². The number of benzene rings is 9. The van der Waals surface area contributed by atoms with Gasteiger partial charge in [0, 0.05) is 27.9 Å². The van der Waals surface area contributed by atoms with Crippen LogP contribution in [0.2, 0.25) is 0 Å². The lowest BCUT2D eigenvalue weighted by Crippen LogP contribution is -2.24. The summed E-state index contributed by atoms with van der Waals surface area (Å²) in [5, 5.41) is 2.53. The third-order valence-electron chi connectivity index (χ3n) is 13.9. The van der Waals surface area contributed by atoms with Gasteiger partial charge in [0.25, 0.3) is 0 Å². The van der Waals surface area contributed by atoms with Crippen molar-refractivity contribution in [2.45, 2.75) is 37.5 Å². The Balaban J connectivity index is 1.05. The van der Waals surface area contributed by atoms with Crippen LogP contribution in [0.4, 0.5) is 17.1 Å². The van der Waals surface area contributed by atoms with E-state index in [1.807, 2.05) is 0 Å². The molecule has 0 saturated heterocycles. The number of hydrogen-bond donors (Lipinski definition) is 0. The SMILES string of the molecule is CC1(C)c2ccccc2-c2cccc(-c3cccc(N(c4ccc(-c5cccc6ccccc56)cc4)c4ccc5c(c4)C4(CCc6ccccc64)c4ccccc4-5)c3)c21. The van der Waals surface area contributed by atoms with Gasteiger partial charge in [-0.2, -0.15) is 0 Å². The Morgan fingerprint density at radius 2 is 0.983 bits per heavy atom. The molecule has 9 aromatic carbocycles. The maximum absolute atomic E-state index is 2.52. The third-order valence-corrected chi connectivity index (χ3v) is 13.9. The predicted octanol–water partition coefficient (Wildman–Crippen LogP) is 15.2. The van der Waals surface area contributed by atoms with Crippen molar-refractivity contribution in [3.05, 3.63) is 234 Å². The van der Waals surface area contributed by atoms with Crippen LogP contribution in [0.3, 0.4) is 0 Å². The minimum atomic E-state index is -0.171. The summed E-state index contributed by atoms with van der Waals surface area (Å²) in [5.41, 5.74) is 22.1. The molecule has 0 aromatic heterocycles. The van der Waals surface area contributed by atoms with Crippen molar-refractivity contribution in [3.63, 3.8) is 0 Å². The summed E-state index contributed by atoms with van der Waals surface area (Å²) in [5.74, 6) is 0. The van der Waals surface area contributed by atoms with E-state index in [0.717, 1.165) is 24.2 Å². The molecule has 12 rings (SSSR count). The summed E-state index contributed by atoms with van der Waals surface area (Å²) in [6.45, 7) is 4.77. The topological polar surface area (TPSA) is 3.24 Å². The second-order valence-corrected chi connectivity index (χ2v) is 17.2. The quantitative estimate of drug-likeness (QED) is 0.169. The highest BCUT2D eigenvalue weighted by Gasteiger charge is 2.48. The lowest BCUT2D eigenvalue weighted by Gasteiger charge is -2.31. The average Bonchev–Trinajstić information content (AvgIpc) is 3.90. The summed E-state index contributed by atoms with van der Waals surface area (Å²) in [6, 6.07) is 75.1. The van der Waals surface area contributed by atoms with Gasteiger partial charge in [-0.1, -0.05) is 178 Å². The molecule has 1 heteroatoms. The van der Waals surface area contributed by atoms with Gasteiger partial charge in [-0.15, -0.1) is 0 Å². The number of hydrogen-bond acceptors (Lipinski definition) is 1. The van der Waals surface area contributed by atoms with Gasteiger partial charge >= 0.3 is 0 Å². The molecular formula is C58H43N. The van der Waals surface area contributed by atoms with Crippen molar-refractivity contribution in [3.8, 4) is 44.5 Å². The van der Waals surface area contributed by atoms with E-state index < -0.39 is 0 Å². The van der Waals surface area contributed by atoms with Gasteiger partial charge in [0.2, 0.25) is 0 Å². The van der Waals surface area contributed by atoms with Crippen molar-refractivity contribution in [1.29, 1.82) is 0 Å². The lowest BCUT2D eigenvalue weighted by atomic mass is 9.73. The molecule has 1 atom stereocenters. The molecule has 9 aromatic rings. The van der Waals surface area contributed by atoms with Gasteiger partial charge in [0.1, 0.15) is 0 Å². The summed E-state index contributed by atoms with van der Waals surface area (Å²) >= 11 is 0. The Bertz CT molecular complexity index is 3140. The van der Waals surface area contributed by atoms with E-state index in [0.29, 0.717) is 0 Å². The minimum absolute atomic E-state index is 0.115. The fraction of sp³-hybridized carbons (Fsp3) is 0.103. The third kappa shape index (κ3) is 4.91. The summed E-state index contributed by atoms with van der Waals surface area (Å²) in [6.07, 6.45) is 2.16. The first kappa shape index (κ1) is 34.1. The van der Waals surface area contributed by atoms with Crippen LogP contribution in [0.15, 0.2) is 200 Å². The van der Waals surface area contributed by atoms with Gasteiger partial charge in [-0.05, 0) is 138 Å². The predicted molar refractivity (Wildman–Crippen MR) is 247 cm³/mol. The van der Waals surface area contributed by atoms with E-state index in [1.54, 1.807) is 0 Å². The van der Waals surface area contributed by atoms with Crippen molar-refractivity contribution >= 4 is 27.8 Å². The van der Waals surface area contributed by atoms with Crippen molar-refractivity contribution in [2.75, 3.05) is 4.90 Å². The molecule has 280 valence electrons. The van der Waals surface area contributed by atoms with Crippen LogP contribution < -0.4 is 4.90 Å². The average molecular weight is 754 g/mol. The highest BCUT2D eigenvalue weighted by Crippen LogP contribution is 2.59. The monoisotopic (exact) mass is 753 g/mol. The minimum Gasteiger partial charge on any atom is -0.310 e. The van der Waals surface area contributed by atoms with Crippen LogP contribution in [0.25, 0.3) is 55.3 Å². The maximum Gasteiger partial charge on any atom is 0.0470 e. The summed E-state index contributed by atoms with van der Waals surface area (Å²) < 4.78 is 0. The summed E-state index contributed by atoms with van der Waals surface area (Å²) in [7, 11) is 0. The molecule has 1 unspecified atom stereocenters. The first-order chi connectivity index (χ1) is 29.0. The Morgan fingerprint density at radius 1 is 0.390 bits per heavy atom. The zero-order valence-corrected chi connectivity index (χ0v) is 33.4. The van der Waals surface area contributed by atoms with Gasteiger partial charge in [-0.25, -0.2) is 0 Å². The van der Waals surface area contributed by atoms with Gasteiger partial charge in [0.05, 0.1) is 0 Å². The number of fused-ring (bicyclic) bond motifs is 11. The number of rotatable bonds is 5. The second kappa shape index (κ2) is 12.8. The highest BCUT2D eigenvalue weighted by molar-refractivity contribution is 5.97. The molecule has 1 spiro atoms. The second-order valence-electron chi connectivity index (χ2n) is 17.2. The molecule has 0 aliphatic heterocycles. The molecule has 0 bridgehead atoms. The first-order valence-corrected chi connectivity index (χ1v) is 21.1. The van der Waals surface area contributed by atoms with Crippen LogP contribution in [0, 0.1) is 0 Å². The Kier molecular flexibility index (Phi) is 7.38. The van der Waals surface area contributed by atoms with Crippen LogP contribution in [0.1, 0.15) is 53.6 Å². The van der Waals surface area contributed by atoms with Crippen molar-refractivity contribution in [1.82, 2.24) is 0 Å². The normalized spacial score (nSPS) is 16.4. The molecule has 3 aliphatic carbocycles. The molecule has 59 heavy (non-hydrogen) atoms. The molecule has 3 aliphatic rings. The van der Waals surface area contributed by atoms with Crippen LogP contribution >= 0.6 is 0 Å². The molecular weight excluding hydrogens is 711 g/mol. The van der Waals surface area contributed by atoms with E-state index in [1.165, 1.54) is 94.3 Å². The Labute approximate surface area is 346 Å². The maximum atomic E-state index is 2.52. The molecule has 0 saturated carbocycles. The van der Waals surface area contributed by atoms with E-state index >= 15 is 0 Å². The fourth-order valence-electron chi connectivity index (χ4n) is 11.3. The molecule has 0 heterocycles. The molecule has 1 nitrogen and oxygen atoms in total. The van der Waals surface area contributed by atoms with Crippen molar-refractivity contribution in [2.24, 2.45) is 0 Å².